The van der Waals surface area contributed by atoms with E-state index >= 15 is 0 Å². The van der Waals surface area contributed by atoms with Crippen LogP contribution in [0.4, 0.5) is 0 Å². The second kappa shape index (κ2) is 4.69. The van der Waals surface area contributed by atoms with E-state index in [9.17, 15) is 4.79 Å². The summed E-state index contributed by atoms with van der Waals surface area (Å²) in [6.07, 6.45) is 1.32. The Morgan fingerprint density at radius 2 is 1.85 bits per heavy atom. The molecular formula is C7H10Cl3NO2. The molecule has 0 aliphatic carbocycles. The van der Waals surface area contributed by atoms with Gasteiger partial charge in [0.2, 0.25) is 10.0 Å². The second-order valence-electron chi connectivity index (χ2n) is 2.87. The fourth-order valence-electron chi connectivity index (χ4n) is 1.40. The number of alkyl halides is 3. The molecular weight excluding hydrogens is 236 g/mol. The molecule has 0 unspecified atom stereocenters. The van der Waals surface area contributed by atoms with E-state index in [0.29, 0.717) is 6.47 Å². The Morgan fingerprint density at radius 1 is 1.31 bits per heavy atom. The Hall–Kier alpha value is 0.300. The number of rotatable bonds is 3. The quantitative estimate of drug-likeness (QED) is 0.563. The molecule has 1 aliphatic heterocycles. The number of nitrogens with zero attached hydrogens (tertiary/aromatic N) is 1. The minimum Gasteiger partial charge on any atom is -0.444 e. The topological polar surface area (TPSA) is 29.5 Å². The summed E-state index contributed by atoms with van der Waals surface area (Å²) in [5.41, 5.74) is 0. The third-order valence-electron chi connectivity index (χ3n) is 1.94. The summed E-state index contributed by atoms with van der Waals surface area (Å²) in [5.74, 6) is 0. The number of ether oxygens (including phenoxy) is 1. The maximum Gasteiger partial charge on any atom is 0.294 e. The van der Waals surface area contributed by atoms with Crippen molar-refractivity contribution >= 4 is 41.3 Å². The summed E-state index contributed by atoms with van der Waals surface area (Å²) in [6.45, 7) is 1.91. The average molecular weight is 247 g/mol. The van der Waals surface area contributed by atoms with E-state index < -0.39 is 10.0 Å². The van der Waals surface area contributed by atoms with E-state index in [2.05, 4.69) is 0 Å². The van der Waals surface area contributed by atoms with E-state index in [0.717, 1.165) is 25.9 Å². The molecule has 1 atom stereocenters. The molecule has 0 aromatic heterocycles. The minimum absolute atomic E-state index is 0.310. The Morgan fingerprint density at radius 3 is 2.23 bits per heavy atom. The van der Waals surface area contributed by atoms with Gasteiger partial charge in [-0.15, -0.1) is 0 Å². The lowest BCUT2D eigenvalue weighted by atomic mass is 10.4. The molecule has 76 valence electrons. The van der Waals surface area contributed by atoms with Gasteiger partial charge in [-0.2, -0.15) is 0 Å². The highest BCUT2D eigenvalue weighted by molar-refractivity contribution is 6.68. The molecule has 1 aliphatic rings. The monoisotopic (exact) mass is 245 g/mol. The van der Waals surface area contributed by atoms with Crippen LogP contribution in [0, 0.1) is 0 Å². The molecule has 0 bridgehead atoms. The Bertz CT molecular complexity index is 177. The molecule has 1 rings (SSSR count). The Balaban J connectivity index is 2.60. The third kappa shape index (κ3) is 3.17. The van der Waals surface area contributed by atoms with Gasteiger partial charge in [-0.3, -0.25) is 9.69 Å². The highest BCUT2D eigenvalue weighted by Crippen LogP contribution is 2.35. The maximum absolute atomic E-state index is 10.2. The molecule has 0 amide bonds. The smallest absolute Gasteiger partial charge is 0.294 e. The van der Waals surface area contributed by atoms with Crippen LogP contribution in [-0.4, -0.2) is 34.5 Å². The van der Waals surface area contributed by atoms with Gasteiger partial charge in [0.25, 0.3) is 6.47 Å². The summed E-state index contributed by atoms with van der Waals surface area (Å²) in [6, 6.07) is 0. The predicted molar refractivity (Wildman–Crippen MR) is 52.0 cm³/mol. The van der Waals surface area contributed by atoms with Crippen LogP contribution in [0.25, 0.3) is 0 Å². The molecule has 0 N–H and O–H groups in total. The molecule has 6 heteroatoms. The molecule has 3 nitrogen and oxygen atoms in total. The maximum atomic E-state index is 10.2. The van der Waals surface area contributed by atoms with E-state index in [1.54, 1.807) is 0 Å². The molecule has 0 aromatic carbocycles. The fourth-order valence-corrected chi connectivity index (χ4v) is 1.97. The zero-order valence-corrected chi connectivity index (χ0v) is 9.15. The van der Waals surface area contributed by atoms with E-state index in [4.69, 9.17) is 39.5 Å². The van der Waals surface area contributed by atoms with Gasteiger partial charge < -0.3 is 4.74 Å². The van der Waals surface area contributed by atoms with Crippen LogP contribution in [0.15, 0.2) is 0 Å². The summed E-state index contributed by atoms with van der Waals surface area (Å²) < 4.78 is 3.16. The number of carbonyl (C=O) groups excluding carboxylic acids is 1. The minimum atomic E-state index is -1.58. The molecule has 0 radical (unpaired) electrons. The van der Waals surface area contributed by atoms with Crippen molar-refractivity contribution in [3.8, 4) is 0 Å². The van der Waals surface area contributed by atoms with E-state index in [1.165, 1.54) is 0 Å². The summed E-state index contributed by atoms with van der Waals surface area (Å²) in [5, 5.41) is 0. The largest absolute Gasteiger partial charge is 0.444 e. The standard InChI is InChI=1S/C7H10Cl3NO2/c8-7(9,10)6(13-5-12)11-3-1-2-4-11/h5-6H,1-4H2/t6-/m0/s1. The van der Waals surface area contributed by atoms with Crippen molar-refractivity contribution in [1.29, 1.82) is 0 Å². The van der Waals surface area contributed by atoms with Gasteiger partial charge in [0.05, 0.1) is 0 Å². The zero-order valence-electron chi connectivity index (χ0n) is 6.88. The molecule has 13 heavy (non-hydrogen) atoms. The molecule has 1 fully saturated rings. The molecule has 0 aromatic rings. The van der Waals surface area contributed by atoms with Gasteiger partial charge in [-0.1, -0.05) is 34.8 Å². The highest BCUT2D eigenvalue weighted by Gasteiger charge is 2.40. The number of likely N-dealkylation sites (tertiary alicyclic amines) is 1. The normalized spacial score (nSPS) is 21.5. The first-order valence-corrected chi connectivity index (χ1v) is 5.09. The summed E-state index contributed by atoms with van der Waals surface area (Å²) in [7, 11) is 0. The van der Waals surface area contributed by atoms with Crippen LogP contribution < -0.4 is 0 Å². The molecule has 0 saturated carbocycles. The zero-order chi connectivity index (χ0) is 9.90. The molecule has 1 heterocycles. The van der Waals surface area contributed by atoms with Crippen LogP contribution in [0.1, 0.15) is 12.8 Å². The summed E-state index contributed by atoms with van der Waals surface area (Å²) in [4.78, 5) is 12.0. The van der Waals surface area contributed by atoms with Gasteiger partial charge >= 0.3 is 0 Å². The van der Waals surface area contributed by atoms with Crippen molar-refractivity contribution in [3.63, 3.8) is 0 Å². The Kier molecular flexibility index (Phi) is 4.10. The van der Waals surface area contributed by atoms with Crippen molar-refractivity contribution in [1.82, 2.24) is 4.90 Å². The molecule has 0 spiro atoms. The number of hydrogen-bond acceptors (Lipinski definition) is 3. The molecule has 1 saturated heterocycles. The first kappa shape index (κ1) is 11.4. The summed E-state index contributed by atoms with van der Waals surface area (Å²) >= 11 is 17.0. The van der Waals surface area contributed by atoms with Crippen LogP contribution in [0.2, 0.25) is 0 Å². The van der Waals surface area contributed by atoms with Crippen molar-refractivity contribution in [3.05, 3.63) is 0 Å². The lowest BCUT2D eigenvalue weighted by Gasteiger charge is -2.30. The van der Waals surface area contributed by atoms with Crippen molar-refractivity contribution in [2.75, 3.05) is 13.1 Å². The average Bonchev–Trinajstić information content (AvgIpc) is 2.49. The van der Waals surface area contributed by atoms with Gasteiger partial charge in [0.15, 0.2) is 0 Å². The predicted octanol–water partition coefficient (Wildman–Crippen LogP) is 1.95. The SMILES string of the molecule is O=CO[C@H](N1CCCC1)C(Cl)(Cl)Cl. The van der Waals surface area contributed by atoms with Crippen LogP contribution in [-0.2, 0) is 9.53 Å². The fraction of sp³-hybridized carbons (Fsp3) is 0.857. The van der Waals surface area contributed by atoms with Crippen molar-refractivity contribution in [2.45, 2.75) is 22.9 Å². The highest BCUT2D eigenvalue weighted by atomic mass is 35.6. The van der Waals surface area contributed by atoms with E-state index in [-0.39, 0.29) is 0 Å². The third-order valence-corrected chi connectivity index (χ3v) is 2.50. The number of halogens is 3. The van der Waals surface area contributed by atoms with Crippen molar-refractivity contribution in [2.24, 2.45) is 0 Å². The van der Waals surface area contributed by atoms with E-state index in [1.807, 2.05) is 4.90 Å². The van der Waals surface area contributed by atoms with Crippen molar-refractivity contribution < 1.29 is 9.53 Å². The van der Waals surface area contributed by atoms with Crippen LogP contribution in [0.5, 0.6) is 0 Å². The first-order chi connectivity index (χ1) is 6.05. The van der Waals surface area contributed by atoms with Gasteiger partial charge in [0, 0.05) is 13.1 Å². The number of carbonyl (C=O) groups is 1. The Labute approximate surface area is 91.9 Å². The van der Waals surface area contributed by atoms with Gasteiger partial charge in [-0.05, 0) is 12.8 Å². The van der Waals surface area contributed by atoms with Gasteiger partial charge in [-0.25, -0.2) is 0 Å². The second-order valence-corrected chi connectivity index (χ2v) is 5.24. The van der Waals surface area contributed by atoms with Crippen LogP contribution >= 0.6 is 34.8 Å². The first-order valence-electron chi connectivity index (χ1n) is 3.95. The number of hydrogen-bond donors (Lipinski definition) is 0. The van der Waals surface area contributed by atoms with Gasteiger partial charge in [0.1, 0.15) is 0 Å². The van der Waals surface area contributed by atoms with Crippen LogP contribution in [0.3, 0.4) is 0 Å². The lowest BCUT2D eigenvalue weighted by Crippen LogP contribution is -2.44. The lowest BCUT2D eigenvalue weighted by molar-refractivity contribution is -0.142.